The molecule has 1 nitrogen and oxygen atoms in total. The molecule has 0 radical (unpaired) electrons. The molecule has 0 bridgehead atoms. The Morgan fingerprint density at radius 1 is 1.19 bits per heavy atom. The molecule has 0 aromatic heterocycles. The highest BCUT2D eigenvalue weighted by Gasteiger charge is 2.12. The number of rotatable bonds is 2. The fourth-order valence-electron chi connectivity index (χ4n) is 1.85. The van der Waals surface area contributed by atoms with Gasteiger partial charge in [-0.1, -0.05) is 34.9 Å². The summed E-state index contributed by atoms with van der Waals surface area (Å²) in [6.45, 7) is 0. The molecular weight excluding hydrogens is 243 g/mol. The lowest BCUT2D eigenvalue weighted by atomic mass is 9.93. The quantitative estimate of drug-likeness (QED) is 0.723. The van der Waals surface area contributed by atoms with Crippen LogP contribution in [-0.2, 0) is 11.2 Å². The molecule has 3 heteroatoms. The fraction of sp³-hybridized carbons (Fsp3) is 0.308. The van der Waals surface area contributed by atoms with Gasteiger partial charge in [0.25, 0.3) is 0 Å². The summed E-state index contributed by atoms with van der Waals surface area (Å²) < 4.78 is 0. The van der Waals surface area contributed by atoms with E-state index < -0.39 is 0 Å². The molecule has 0 unspecified atom stereocenters. The normalized spacial score (nSPS) is 16.1. The largest absolute Gasteiger partial charge is 0.299 e. The third kappa shape index (κ3) is 2.87. The lowest BCUT2D eigenvalue weighted by molar-refractivity contribution is -0.118. The minimum atomic E-state index is 0.320. The van der Waals surface area contributed by atoms with Gasteiger partial charge in [0, 0.05) is 22.9 Å². The molecule has 0 N–H and O–H groups in total. The molecule has 0 spiro atoms. The second-order valence-corrected chi connectivity index (χ2v) is 4.86. The molecule has 84 valence electrons. The van der Waals surface area contributed by atoms with E-state index >= 15 is 0 Å². The Bertz CT molecular complexity index is 449. The fourth-order valence-corrected chi connectivity index (χ4v) is 2.23. The topological polar surface area (TPSA) is 17.1 Å². The Morgan fingerprint density at radius 2 is 2.00 bits per heavy atom. The molecule has 1 aliphatic rings. The van der Waals surface area contributed by atoms with Crippen molar-refractivity contribution in [1.82, 2.24) is 0 Å². The van der Waals surface area contributed by atoms with Gasteiger partial charge in [-0.2, -0.15) is 0 Å². The van der Waals surface area contributed by atoms with Gasteiger partial charge in [-0.05, 0) is 36.6 Å². The Labute approximate surface area is 105 Å². The van der Waals surface area contributed by atoms with Crippen LogP contribution < -0.4 is 0 Å². The second-order valence-electron chi connectivity index (χ2n) is 4.02. The number of hydrogen-bond donors (Lipinski definition) is 0. The van der Waals surface area contributed by atoms with Crippen LogP contribution in [0.3, 0.4) is 0 Å². The monoisotopic (exact) mass is 254 g/mol. The number of halogens is 2. The summed E-state index contributed by atoms with van der Waals surface area (Å²) in [4.78, 5) is 11.1. The average molecular weight is 255 g/mol. The van der Waals surface area contributed by atoms with E-state index in [-0.39, 0.29) is 0 Å². The van der Waals surface area contributed by atoms with E-state index in [2.05, 4.69) is 0 Å². The number of benzene rings is 1. The first-order valence-corrected chi connectivity index (χ1v) is 6.04. The molecular formula is C13H12Cl2O. The van der Waals surface area contributed by atoms with Crippen molar-refractivity contribution in [3.05, 3.63) is 45.5 Å². The highest BCUT2D eigenvalue weighted by Crippen LogP contribution is 2.26. The van der Waals surface area contributed by atoms with E-state index in [1.807, 2.05) is 18.2 Å². The molecule has 0 fully saturated rings. The van der Waals surface area contributed by atoms with Crippen LogP contribution in [0, 0.1) is 0 Å². The molecule has 16 heavy (non-hydrogen) atoms. The summed E-state index contributed by atoms with van der Waals surface area (Å²) in [6, 6.07) is 5.49. The van der Waals surface area contributed by atoms with E-state index in [4.69, 9.17) is 23.2 Å². The minimum absolute atomic E-state index is 0.320. The second kappa shape index (κ2) is 5.03. The van der Waals surface area contributed by atoms with Crippen LogP contribution >= 0.6 is 23.2 Å². The van der Waals surface area contributed by atoms with E-state index in [9.17, 15) is 4.79 Å². The van der Waals surface area contributed by atoms with Gasteiger partial charge in [-0.15, -0.1) is 0 Å². The van der Waals surface area contributed by atoms with E-state index in [0.29, 0.717) is 23.6 Å². The summed E-state index contributed by atoms with van der Waals surface area (Å²) in [5, 5.41) is 1.44. The predicted molar refractivity (Wildman–Crippen MR) is 67.1 cm³/mol. The molecule has 0 saturated carbocycles. The van der Waals surface area contributed by atoms with Gasteiger partial charge >= 0.3 is 0 Å². The van der Waals surface area contributed by atoms with Crippen LogP contribution in [0.15, 0.2) is 29.8 Å². The van der Waals surface area contributed by atoms with Gasteiger partial charge < -0.3 is 0 Å². The first kappa shape index (κ1) is 11.7. The lowest BCUT2D eigenvalue weighted by Gasteiger charge is -2.13. The van der Waals surface area contributed by atoms with Gasteiger partial charge in [-0.25, -0.2) is 0 Å². The number of carbonyl (C=O) groups is 1. The molecule has 0 aliphatic heterocycles. The van der Waals surface area contributed by atoms with Crippen molar-refractivity contribution in [3.8, 4) is 0 Å². The molecule has 0 amide bonds. The maximum Gasteiger partial charge on any atom is 0.136 e. The van der Waals surface area contributed by atoms with Crippen molar-refractivity contribution in [2.75, 3.05) is 0 Å². The zero-order valence-electron chi connectivity index (χ0n) is 8.80. The zero-order valence-corrected chi connectivity index (χ0v) is 10.3. The highest BCUT2D eigenvalue weighted by atomic mass is 35.5. The summed E-state index contributed by atoms with van der Waals surface area (Å²) in [5.41, 5.74) is 2.32. The van der Waals surface area contributed by atoms with Crippen LogP contribution in [0.4, 0.5) is 0 Å². The van der Waals surface area contributed by atoms with Crippen LogP contribution in [0.25, 0.3) is 0 Å². The Hall–Kier alpha value is -0.790. The van der Waals surface area contributed by atoms with Crippen molar-refractivity contribution in [3.63, 3.8) is 0 Å². The SMILES string of the molecule is O=C1CC=C(Cc2cc(Cl)ccc2Cl)CC1. The van der Waals surface area contributed by atoms with E-state index in [1.165, 1.54) is 5.57 Å². The average Bonchev–Trinajstić information content (AvgIpc) is 2.27. The van der Waals surface area contributed by atoms with Crippen molar-refractivity contribution in [1.29, 1.82) is 0 Å². The Kier molecular flexibility index (Phi) is 3.67. The molecule has 1 aromatic rings. The van der Waals surface area contributed by atoms with Crippen LogP contribution in [-0.4, -0.2) is 5.78 Å². The zero-order chi connectivity index (χ0) is 11.5. The summed E-state index contributed by atoms with van der Waals surface area (Å²) in [5.74, 6) is 0.320. The first-order chi connectivity index (χ1) is 7.65. The lowest BCUT2D eigenvalue weighted by Crippen LogP contribution is -2.05. The smallest absolute Gasteiger partial charge is 0.136 e. The van der Waals surface area contributed by atoms with Crippen molar-refractivity contribution >= 4 is 29.0 Å². The molecule has 1 aliphatic carbocycles. The maximum absolute atomic E-state index is 11.1. The molecule has 0 heterocycles. The van der Waals surface area contributed by atoms with Gasteiger partial charge in [0.2, 0.25) is 0 Å². The van der Waals surface area contributed by atoms with Crippen LogP contribution in [0.1, 0.15) is 24.8 Å². The summed E-state index contributed by atoms with van der Waals surface area (Å²) >= 11 is 12.0. The third-order valence-corrected chi connectivity index (χ3v) is 3.37. The van der Waals surface area contributed by atoms with Crippen LogP contribution in [0.5, 0.6) is 0 Å². The van der Waals surface area contributed by atoms with Crippen molar-refractivity contribution in [2.45, 2.75) is 25.7 Å². The number of allylic oxidation sites excluding steroid dienone is 2. The van der Waals surface area contributed by atoms with Gasteiger partial charge in [0.15, 0.2) is 0 Å². The van der Waals surface area contributed by atoms with E-state index in [0.717, 1.165) is 23.4 Å². The van der Waals surface area contributed by atoms with E-state index in [1.54, 1.807) is 6.07 Å². The molecule has 1 aromatic carbocycles. The van der Waals surface area contributed by atoms with Gasteiger partial charge in [0.1, 0.15) is 5.78 Å². The van der Waals surface area contributed by atoms with Gasteiger partial charge in [0.05, 0.1) is 0 Å². The molecule has 2 rings (SSSR count). The minimum Gasteiger partial charge on any atom is -0.299 e. The third-order valence-electron chi connectivity index (χ3n) is 2.77. The predicted octanol–water partition coefficient (Wildman–Crippen LogP) is 4.22. The highest BCUT2D eigenvalue weighted by molar-refractivity contribution is 6.33. The first-order valence-electron chi connectivity index (χ1n) is 5.28. The number of carbonyl (C=O) groups excluding carboxylic acids is 1. The standard InChI is InChI=1S/C13H12Cl2O/c14-11-3-6-13(15)10(8-11)7-9-1-4-12(16)5-2-9/h1,3,6,8H,2,4-5,7H2. The summed E-state index contributed by atoms with van der Waals surface area (Å²) in [7, 11) is 0. The molecule has 0 saturated heterocycles. The van der Waals surface area contributed by atoms with Gasteiger partial charge in [-0.3, -0.25) is 4.79 Å². The Balaban J connectivity index is 2.15. The maximum atomic E-state index is 11.1. The van der Waals surface area contributed by atoms with Crippen molar-refractivity contribution in [2.24, 2.45) is 0 Å². The number of ketones is 1. The molecule has 0 atom stereocenters. The number of Topliss-reactive ketones (excluding diaryl/α,β-unsaturated/α-hetero) is 1. The Morgan fingerprint density at radius 3 is 2.69 bits per heavy atom. The van der Waals surface area contributed by atoms with Crippen LogP contribution in [0.2, 0.25) is 10.0 Å². The van der Waals surface area contributed by atoms with Crippen molar-refractivity contribution < 1.29 is 4.79 Å². The summed E-state index contributed by atoms with van der Waals surface area (Å²) in [6.07, 6.45) is 4.88. The number of hydrogen-bond acceptors (Lipinski definition) is 1.